The molecule has 2 N–H and O–H groups in total. The first kappa shape index (κ1) is 16.4. The van der Waals surface area contributed by atoms with Crippen LogP contribution in [0.3, 0.4) is 0 Å². The lowest BCUT2D eigenvalue weighted by Gasteiger charge is -2.17. The molecule has 1 saturated heterocycles. The molecule has 0 bridgehead atoms. The van der Waals surface area contributed by atoms with Gasteiger partial charge in [0.1, 0.15) is 4.83 Å². The van der Waals surface area contributed by atoms with E-state index in [2.05, 4.69) is 11.8 Å². The van der Waals surface area contributed by atoms with Crippen LogP contribution in [0.25, 0.3) is 10.2 Å². The van der Waals surface area contributed by atoms with E-state index in [1.807, 2.05) is 0 Å². The average molecular weight is 365 g/mol. The van der Waals surface area contributed by atoms with Gasteiger partial charge in [0.15, 0.2) is 5.16 Å². The lowest BCUT2D eigenvalue weighted by atomic mass is 9.89. The van der Waals surface area contributed by atoms with E-state index in [1.165, 1.54) is 41.0 Å². The second-order valence-electron chi connectivity index (χ2n) is 7.00. The maximum absolute atomic E-state index is 12.8. The molecule has 3 heterocycles. The minimum Gasteiger partial charge on any atom is -0.334 e. The summed E-state index contributed by atoms with van der Waals surface area (Å²) in [6, 6.07) is 0. The Morgan fingerprint density at radius 1 is 1.38 bits per heavy atom. The van der Waals surface area contributed by atoms with Gasteiger partial charge in [0.05, 0.1) is 5.39 Å². The van der Waals surface area contributed by atoms with Crippen molar-refractivity contribution in [2.24, 2.45) is 5.92 Å². The highest BCUT2D eigenvalue weighted by Crippen LogP contribution is 2.36. The van der Waals surface area contributed by atoms with E-state index in [0.717, 1.165) is 41.8 Å². The third-order valence-electron chi connectivity index (χ3n) is 5.17. The Hall–Kier alpha value is -1.05. The molecular weight excluding hydrogens is 340 g/mol. The molecule has 0 unspecified atom stereocenters. The summed E-state index contributed by atoms with van der Waals surface area (Å²) < 4.78 is 1.27. The van der Waals surface area contributed by atoms with Crippen LogP contribution in [0.4, 0.5) is 0 Å². The zero-order valence-electron chi connectivity index (χ0n) is 14.1. The molecular formula is C17H24N4OS2. The smallest absolute Gasteiger partial charge is 0.281 e. The quantitative estimate of drug-likeness (QED) is 0.513. The van der Waals surface area contributed by atoms with Gasteiger partial charge in [-0.1, -0.05) is 18.7 Å². The van der Waals surface area contributed by atoms with Crippen LogP contribution in [0.5, 0.6) is 0 Å². The summed E-state index contributed by atoms with van der Waals surface area (Å²) in [5.74, 6) is 7.70. The van der Waals surface area contributed by atoms with Gasteiger partial charge in [-0.25, -0.2) is 9.66 Å². The van der Waals surface area contributed by atoms with Crippen LogP contribution in [-0.4, -0.2) is 39.9 Å². The third-order valence-corrected chi connectivity index (χ3v) is 7.25. The van der Waals surface area contributed by atoms with Crippen molar-refractivity contribution in [2.75, 3.05) is 31.2 Å². The van der Waals surface area contributed by atoms with Crippen LogP contribution in [0.1, 0.15) is 36.6 Å². The van der Waals surface area contributed by atoms with Crippen molar-refractivity contribution in [3.8, 4) is 0 Å². The number of nitrogen functional groups attached to an aromatic ring is 1. The first-order valence-corrected chi connectivity index (χ1v) is 10.6. The van der Waals surface area contributed by atoms with Gasteiger partial charge in [-0.15, -0.1) is 11.3 Å². The molecule has 2 aromatic rings. The van der Waals surface area contributed by atoms with Gasteiger partial charge in [-0.2, -0.15) is 0 Å². The number of rotatable bonds is 4. The Kier molecular flexibility index (Phi) is 4.58. The molecule has 4 rings (SSSR count). The summed E-state index contributed by atoms with van der Waals surface area (Å²) in [6.45, 7) is 5.70. The summed E-state index contributed by atoms with van der Waals surface area (Å²) >= 11 is 3.30. The number of nitrogens with two attached hydrogens (primary N) is 1. The van der Waals surface area contributed by atoms with E-state index >= 15 is 0 Å². The van der Waals surface area contributed by atoms with Crippen molar-refractivity contribution in [2.45, 2.75) is 44.2 Å². The maximum atomic E-state index is 12.8. The van der Waals surface area contributed by atoms with E-state index in [9.17, 15) is 4.79 Å². The molecule has 0 saturated carbocycles. The molecule has 130 valence electrons. The molecule has 0 amide bonds. The van der Waals surface area contributed by atoms with Crippen molar-refractivity contribution >= 4 is 33.3 Å². The number of likely N-dealkylation sites (tertiary alicyclic amines) is 1. The van der Waals surface area contributed by atoms with Crippen LogP contribution in [-0.2, 0) is 12.8 Å². The summed E-state index contributed by atoms with van der Waals surface area (Å²) in [5.41, 5.74) is 1.13. The fourth-order valence-corrected chi connectivity index (χ4v) is 6.10. The van der Waals surface area contributed by atoms with Gasteiger partial charge in [0, 0.05) is 17.2 Å². The summed E-state index contributed by atoms with van der Waals surface area (Å²) in [7, 11) is 0. The van der Waals surface area contributed by atoms with Gasteiger partial charge in [-0.3, -0.25) is 4.79 Å². The van der Waals surface area contributed by atoms with Gasteiger partial charge >= 0.3 is 0 Å². The van der Waals surface area contributed by atoms with Crippen LogP contribution < -0.4 is 11.4 Å². The highest BCUT2D eigenvalue weighted by atomic mass is 32.2. The van der Waals surface area contributed by atoms with Crippen LogP contribution in [0, 0.1) is 5.92 Å². The first-order chi connectivity index (χ1) is 11.6. The van der Waals surface area contributed by atoms with Crippen LogP contribution in [0.15, 0.2) is 9.95 Å². The first-order valence-electron chi connectivity index (χ1n) is 8.81. The van der Waals surface area contributed by atoms with E-state index in [-0.39, 0.29) is 5.56 Å². The lowest BCUT2D eigenvalue weighted by Crippen LogP contribution is -2.30. The number of aryl methyl sites for hydroxylation is 1. The molecule has 1 aliphatic heterocycles. The Labute approximate surface area is 150 Å². The standard InChI is InChI=1S/C17H24N4OS2/c1-11-4-5-12-13(10-11)24-15-14(12)16(22)21(18)17(19-15)23-9-8-20-6-2-3-7-20/h11H,2-10,18H2,1H3/t11-/m0/s1. The molecule has 24 heavy (non-hydrogen) atoms. The Morgan fingerprint density at radius 3 is 2.96 bits per heavy atom. The Bertz CT molecular complexity index is 807. The Balaban J connectivity index is 1.60. The predicted molar refractivity (Wildman–Crippen MR) is 102 cm³/mol. The normalized spacial score (nSPS) is 21.5. The zero-order chi connectivity index (χ0) is 16.7. The highest BCUT2D eigenvalue weighted by molar-refractivity contribution is 7.99. The predicted octanol–water partition coefficient (Wildman–Crippen LogP) is 2.48. The monoisotopic (exact) mass is 364 g/mol. The van der Waals surface area contributed by atoms with Gasteiger partial charge < -0.3 is 10.7 Å². The number of hydrogen-bond donors (Lipinski definition) is 1. The molecule has 0 spiro atoms. The van der Waals surface area contributed by atoms with Crippen molar-refractivity contribution < 1.29 is 0 Å². The minimum atomic E-state index is -0.0734. The minimum absolute atomic E-state index is 0.0734. The van der Waals surface area contributed by atoms with E-state index < -0.39 is 0 Å². The summed E-state index contributed by atoms with van der Waals surface area (Å²) in [4.78, 5) is 22.2. The van der Waals surface area contributed by atoms with Crippen LogP contribution >= 0.6 is 23.1 Å². The van der Waals surface area contributed by atoms with Crippen molar-refractivity contribution in [1.29, 1.82) is 0 Å². The van der Waals surface area contributed by atoms with Crippen LogP contribution in [0.2, 0.25) is 0 Å². The number of aromatic nitrogens is 2. The second kappa shape index (κ2) is 6.69. The molecule has 0 aromatic carbocycles. The molecule has 0 radical (unpaired) electrons. The second-order valence-corrected chi connectivity index (χ2v) is 9.14. The number of nitrogens with zero attached hydrogens (tertiary/aromatic N) is 3. The average Bonchev–Trinajstić information content (AvgIpc) is 3.18. The fourth-order valence-electron chi connectivity index (χ4n) is 3.76. The van der Waals surface area contributed by atoms with Gasteiger partial charge in [0.25, 0.3) is 5.56 Å². The highest BCUT2D eigenvalue weighted by Gasteiger charge is 2.24. The third kappa shape index (κ3) is 2.97. The zero-order valence-corrected chi connectivity index (χ0v) is 15.7. The van der Waals surface area contributed by atoms with E-state index in [4.69, 9.17) is 10.8 Å². The van der Waals surface area contributed by atoms with Gasteiger partial charge in [0.2, 0.25) is 0 Å². The SMILES string of the molecule is C[C@H]1CCc2c(sc3nc(SCCN4CCCC4)n(N)c(=O)c23)C1. The molecule has 2 aliphatic rings. The topological polar surface area (TPSA) is 64.2 Å². The van der Waals surface area contributed by atoms with Gasteiger partial charge in [-0.05, 0) is 56.7 Å². The number of hydrogen-bond acceptors (Lipinski definition) is 6. The summed E-state index contributed by atoms with van der Waals surface area (Å²) in [6.07, 6.45) is 5.80. The molecule has 5 nitrogen and oxygen atoms in total. The van der Waals surface area contributed by atoms with E-state index in [1.54, 1.807) is 23.1 Å². The van der Waals surface area contributed by atoms with Crippen molar-refractivity contribution in [3.05, 3.63) is 20.8 Å². The fraction of sp³-hybridized carbons (Fsp3) is 0.647. The molecule has 7 heteroatoms. The largest absolute Gasteiger partial charge is 0.334 e. The summed E-state index contributed by atoms with van der Waals surface area (Å²) in [5, 5.41) is 1.42. The number of fused-ring (bicyclic) bond motifs is 3. The number of thioether (sulfide) groups is 1. The van der Waals surface area contributed by atoms with Crippen molar-refractivity contribution in [3.63, 3.8) is 0 Å². The molecule has 2 aromatic heterocycles. The Morgan fingerprint density at radius 2 is 2.17 bits per heavy atom. The molecule has 1 fully saturated rings. The maximum Gasteiger partial charge on any atom is 0.281 e. The lowest BCUT2D eigenvalue weighted by molar-refractivity contribution is 0.362. The molecule has 1 aliphatic carbocycles. The number of thiophene rings is 1. The van der Waals surface area contributed by atoms with E-state index in [0.29, 0.717) is 11.1 Å². The van der Waals surface area contributed by atoms with Crippen molar-refractivity contribution in [1.82, 2.24) is 14.6 Å². The molecule has 1 atom stereocenters.